The van der Waals surface area contributed by atoms with Crippen molar-refractivity contribution in [3.8, 4) is 0 Å². The minimum atomic E-state index is 0. The van der Waals surface area contributed by atoms with Crippen molar-refractivity contribution in [1.82, 2.24) is 4.98 Å². The van der Waals surface area contributed by atoms with Crippen LogP contribution >= 0.6 is 0 Å². The first kappa shape index (κ1) is 21.1. The Kier molecular flexibility index (Phi) is 9.97. The Morgan fingerprint density at radius 3 is 2.05 bits per heavy atom. The number of pyridine rings is 1. The molecule has 0 spiro atoms. The molecule has 2 nitrogen and oxygen atoms in total. The topological polar surface area (TPSA) is 16.1 Å². The molecule has 3 heteroatoms. The van der Waals surface area contributed by atoms with Crippen molar-refractivity contribution in [2.24, 2.45) is 5.41 Å². The van der Waals surface area contributed by atoms with Crippen molar-refractivity contribution >= 4 is 5.82 Å². The standard InChI is InChI=1S/C15H23N2.C3H8.Y/c1-5-15(6-2)10-17(11-15)14-8-7-13(9-16-14)12(3)4;1-3-2;/h8-9,12H,5-6,10-11H2,1-4H3;3H2,1-2H3;/q-1;;. The molecule has 1 radical (unpaired) electrons. The third-order valence-corrected chi connectivity index (χ3v) is 4.20. The third kappa shape index (κ3) is 5.64. The number of rotatable bonds is 4. The minimum Gasteiger partial charge on any atom is -0.408 e. The molecule has 0 aliphatic carbocycles. The van der Waals surface area contributed by atoms with Crippen LogP contribution in [-0.4, -0.2) is 18.1 Å². The average molecular weight is 364 g/mol. The summed E-state index contributed by atoms with van der Waals surface area (Å²) in [6.07, 6.45) is 5.76. The smallest absolute Gasteiger partial charge is 0.0147 e. The molecular weight excluding hydrogens is 333 g/mol. The van der Waals surface area contributed by atoms with Crippen LogP contribution in [0.25, 0.3) is 0 Å². The van der Waals surface area contributed by atoms with Gasteiger partial charge in [0.1, 0.15) is 0 Å². The SMILES string of the molecule is CCC.CCC1(CC)CN(c2c[c-]c(C(C)C)cn2)C1.[Y]. The third-order valence-electron chi connectivity index (χ3n) is 4.20. The first-order valence-electron chi connectivity index (χ1n) is 8.14. The molecule has 0 saturated carbocycles. The number of aromatic nitrogens is 1. The molecular formula is C18H31N2Y-. The maximum atomic E-state index is 4.55. The summed E-state index contributed by atoms with van der Waals surface area (Å²) in [6, 6.07) is 5.39. The van der Waals surface area contributed by atoms with Gasteiger partial charge in [-0.2, -0.15) is 6.07 Å². The number of hydrogen-bond acceptors (Lipinski definition) is 2. The summed E-state index contributed by atoms with van der Waals surface area (Å²) >= 11 is 0. The molecule has 0 N–H and O–H groups in total. The molecule has 1 saturated heterocycles. The summed E-state index contributed by atoms with van der Waals surface area (Å²) in [5, 5.41) is 0. The van der Waals surface area contributed by atoms with Gasteiger partial charge in [0, 0.05) is 57.0 Å². The molecule has 0 aromatic carbocycles. The van der Waals surface area contributed by atoms with Gasteiger partial charge in [0.25, 0.3) is 0 Å². The fraction of sp³-hybridized carbons (Fsp3) is 0.722. The maximum Gasteiger partial charge on any atom is 0.0147 e. The quantitative estimate of drug-likeness (QED) is 0.696. The van der Waals surface area contributed by atoms with Gasteiger partial charge in [0.05, 0.1) is 0 Å². The van der Waals surface area contributed by atoms with E-state index >= 15 is 0 Å². The van der Waals surface area contributed by atoms with Crippen LogP contribution in [0.1, 0.15) is 72.3 Å². The van der Waals surface area contributed by atoms with E-state index in [9.17, 15) is 0 Å². The van der Waals surface area contributed by atoms with Crippen molar-refractivity contribution < 1.29 is 32.7 Å². The van der Waals surface area contributed by atoms with Gasteiger partial charge in [-0.25, -0.2) is 0 Å². The van der Waals surface area contributed by atoms with E-state index in [1.165, 1.54) is 24.8 Å². The Morgan fingerprint density at radius 2 is 1.71 bits per heavy atom. The zero-order valence-electron chi connectivity index (χ0n) is 14.7. The van der Waals surface area contributed by atoms with E-state index in [0.717, 1.165) is 18.9 Å². The Morgan fingerprint density at radius 1 is 1.19 bits per heavy atom. The van der Waals surface area contributed by atoms with Gasteiger partial charge in [-0.1, -0.05) is 54.2 Å². The van der Waals surface area contributed by atoms with Gasteiger partial charge in [-0.15, -0.1) is 11.6 Å². The predicted octanol–water partition coefficient (Wildman–Crippen LogP) is 5.05. The Balaban J connectivity index is 0.000000922. The first-order chi connectivity index (χ1) is 9.51. The maximum absolute atomic E-state index is 4.55. The normalized spacial score (nSPS) is 15.7. The number of anilines is 1. The molecule has 2 heterocycles. The van der Waals surface area contributed by atoms with Crippen LogP contribution in [0.2, 0.25) is 0 Å². The predicted molar refractivity (Wildman–Crippen MR) is 88.4 cm³/mol. The molecule has 0 atom stereocenters. The van der Waals surface area contributed by atoms with Crippen LogP contribution in [0.4, 0.5) is 5.82 Å². The zero-order valence-corrected chi connectivity index (χ0v) is 17.6. The summed E-state index contributed by atoms with van der Waals surface area (Å²) in [4.78, 5) is 6.92. The second-order valence-electron chi connectivity index (χ2n) is 6.29. The summed E-state index contributed by atoms with van der Waals surface area (Å²) in [5.74, 6) is 1.60. The van der Waals surface area contributed by atoms with E-state index in [1.807, 2.05) is 12.3 Å². The van der Waals surface area contributed by atoms with E-state index in [4.69, 9.17) is 0 Å². The van der Waals surface area contributed by atoms with Gasteiger partial charge in [-0.3, -0.25) is 0 Å². The van der Waals surface area contributed by atoms with Gasteiger partial charge in [0.15, 0.2) is 0 Å². The van der Waals surface area contributed by atoms with E-state index in [2.05, 4.69) is 57.5 Å². The molecule has 2 rings (SSSR count). The summed E-state index contributed by atoms with van der Waals surface area (Å²) in [6.45, 7) is 15.5. The molecule has 21 heavy (non-hydrogen) atoms. The number of nitrogens with zero attached hydrogens (tertiary/aromatic N) is 2. The van der Waals surface area contributed by atoms with E-state index in [0.29, 0.717) is 11.3 Å². The molecule has 1 fully saturated rings. The molecule has 1 aromatic heterocycles. The van der Waals surface area contributed by atoms with Crippen molar-refractivity contribution in [3.05, 3.63) is 23.9 Å². The van der Waals surface area contributed by atoms with Crippen LogP contribution in [0.5, 0.6) is 0 Å². The minimum absolute atomic E-state index is 0. The average Bonchev–Trinajstić information content (AvgIpc) is 2.40. The molecule has 1 aliphatic heterocycles. The van der Waals surface area contributed by atoms with E-state index < -0.39 is 0 Å². The van der Waals surface area contributed by atoms with E-state index in [1.54, 1.807) is 0 Å². The van der Waals surface area contributed by atoms with Gasteiger partial charge in [-0.05, 0) is 18.8 Å². The molecule has 0 bridgehead atoms. The van der Waals surface area contributed by atoms with Crippen LogP contribution in [0, 0.1) is 11.5 Å². The van der Waals surface area contributed by atoms with Crippen molar-refractivity contribution in [2.75, 3.05) is 18.0 Å². The fourth-order valence-electron chi connectivity index (χ4n) is 2.47. The van der Waals surface area contributed by atoms with E-state index in [-0.39, 0.29) is 32.7 Å². The Bertz CT molecular complexity index is 375. The summed E-state index contributed by atoms with van der Waals surface area (Å²) in [7, 11) is 0. The van der Waals surface area contributed by atoms with Crippen molar-refractivity contribution in [3.63, 3.8) is 0 Å². The summed E-state index contributed by atoms with van der Waals surface area (Å²) in [5.41, 5.74) is 1.74. The zero-order chi connectivity index (χ0) is 15.2. The number of hydrogen-bond donors (Lipinski definition) is 0. The van der Waals surface area contributed by atoms with Crippen LogP contribution in [-0.2, 0) is 32.7 Å². The van der Waals surface area contributed by atoms with Gasteiger partial charge in [0.2, 0.25) is 0 Å². The Hall–Kier alpha value is 0.0539. The van der Waals surface area contributed by atoms with Crippen LogP contribution < -0.4 is 4.90 Å². The molecule has 1 aliphatic rings. The second kappa shape index (κ2) is 9.95. The molecule has 1 aromatic rings. The van der Waals surface area contributed by atoms with Crippen LogP contribution in [0.15, 0.2) is 12.3 Å². The fourth-order valence-corrected chi connectivity index (χ4v) is 2.47. The molecule has 0 amide bonds. The van der Waals surface area contributed by atoms with Crippen LogP contribution in [0.3, 0.4) is 0 Å². The molecule has 0 unspecified atom stereocenters. The Labute approximate surface area is 157 Å². The monoisotopic (exact) mass is 364 g/mol. The van der Waals surface area contributed by atoms with Crippen molar-refractivity contribution in [1.29, 1.82) is 0 Å². The van der Waals surface area contributed by atoms with Crippen molar-refractivity contribution in [2.45, 2.75) is 66.7 Å². The largest absolute Gasteiger partial charge is 0.408 e. The first-order valence-corrected chi connectivity index (χ1v) is 8.14. The van der Waals surface area contributed by atoms with Gasteiger partial charge >= 0.3 is 0 Å². The summed E-state index contributed by atoms with van der Waals surface area (Å²) < 4.78 is 0. The van der Waals surface area contributed by atoms with Gasteiger partial charge < -0.3 is 9.88 Å². The molecule has 117 valence electrons. The second-order valence-corrected chi connectivity index (χ2v) is 6.29.